The molecule has 0 saturated heterocycles. The molecule has 98 valence electrons. The normalized spacial score (nSPS) is 16.6. The third-order valence-corrected chi connectivity index (χ3v) is 2.73. The molecule has 0 heterocycles. The van der Waals surface area contributed by atoms with Crippen LogP contribution in [0.5, 0.6) is 0 Å². The molecule has 0 spiro atoms. The lowest BCUT2D eigenvalue weighted by atomic mass is 9.94. The highest BCUT2D eigenvalue weighted by molar-refractivity contribution is 5.74. The molecule has 5 nitrogen and oxygen atoms in total. The molecule has 0 aromatic heterocycles. The topological polar surface area (TPSA) is 78.4 Å². The zero-order valence-electron chi connectivity index (χ0n) is 10.5. The summed E-state index contributed by atoms with van der Waals surface area (Å²) >= 11 is 0. The van der Waals surface area contributed by atoms with Gasteiger partial charge in [0.1, 0.15) is 0 Å². The molecule has 0 aromatic carbocycles. The Labute approximate surface area is 102 Å². The second-order valence-electron chi connectivity index (χ2n) is 5.22. The minimum Gasteiger partial charge on any atom is -0.481 e. The summed E-state index contributed by atoms with van der Waals surface area (Å²) in [6.45, 7) is 4.54. The van der Waals surface area contributed by atoms with Crippen molar-refractivity contribution in [1.29, 1.82) is 0 Å². The number of hydrogen-bond donors (Lipinski definition) is 3. The lowest BCUT2D eigenvalue weighted by molar-refractivity contribution is -0.138. The molecule has 0 radical (unpaired) electrons. The summed E-state index contributed by atoms with van der Waals surface area (Å²) < 4.78 is 0. The van der Waals surface area contributed by atoms with E-state index in [4.69, 9.17) is 5.11 Å². The number of amides is 2. The minimum atomic E-state index is -0.806. The first-order valence-corrected chi connectivity index (χ1v) is 6.23. The van der Waals surface area contributed by atoms with Crippen LogP contribution in [0.4, 0.5) is 4.79 Å². The summed E-state index contributed by atoms with van der Waals surface area (Å²) in [5.41, 5.74) is 0. The molecule has 17 heavy (non-hydrogen) atoms. The first-order valence-electron chi connectivity index (χ1n) is 6.23. The molecule has 1 atom stereocenters. The number of nitrogens with one attached hydrogen (secondary N) is 2. The Balaban J connectivity index is 2.25. The molecule has 0 bridgehead atoms. The van der Waals surface area contributed by atoms with Gasteiger partial charge in [-0.15, -0.1) is 0 Å². The van der Waals surface area contributed by atoms with Crippen molar-refractivity contribution in [2.45, 2.75) is 45.6 Å². The monoisotopic (exact) mass is 242 g/mol. The van der Waals surface area contributed by atoms with E-state index < -0.39 is 5.97 Å². The largest absolute Gasteiger partial charge is 0.481 e. The smallest absolute Gasteiger partial charge is 0.315 e. The molecule has 3 N–H and O–H groups in total. The fourth-order valence-corrected chi connectivity index (χ4v) is 1.85. The fraction of sp³-hybridized carbons (Fsp3) is 0.833. The molecule has 1 aliphatic rings. The van der Waals surface area contributed by atoms with Crippen molar-refractivity contribution in [3.63, 3.8) is 0 Å². The highest BCUT2D eigenvalue weighted by Gasteiger charge is 2.23. The van der Waals surface area contributed by atoms with Crippen LogP contribution < -0.4 is 10.6 Å². The molecule has 2 amide bonds. The van der Waals surface area contributed by atoms with Gasteiger partial charge >= 0.3 is 12.0 Å². The Hall–Kier alpha value is -1.26. The van der Waals surface area contributed by atoms with Crippen molar-refractivity contribution in [3.05, 3.63) is 0 Å². The summed E-state index contributed by atoms with van der Waals surface area (Å²) in [7, 11) is 0. The number of hydrogen-bond acceptors (Lipinski definition) is 2. The average molecular weight is 242 g/mol. The fourth-order valence-electron chi connectivity index (χ4n) is 1.85. The van der Waals surface area contributed by atoms with Gasteiger partial charge in [-0.2, -0.15) is 0 Å². The van der Waals surface area contributed by atoms with Crippen LogP contribution in [0.15, 0.2) is 0 Å². The van der Waals surface area contributed by atoms with Crippen molar-refractivity contribution >= 4 is 12.0 Å². The number of aliphatic carboxylic acids is 1. The van der Waals surface area contributed by atoms with E-state index in [1.807, 2.05) is 0 Å². The molecule has 0 aromatic rings. The lowest BCUT2D eigenvalue weighted by Crippen LogP contribution is -2.39. The molecule has 1 rings (SSSR count). The Morgan fingerprint density at radius 1 is 1.35 bits per heavy atom. The van der Waals surface area contributed by atoms with Crippen LogP contribution in [0.2, 0.25) is 0 Å². The van der Waals surface area contributed by atoms with Gasteiger partial charge < -0.3 is 15.7 Å². The Morgan fingerprint density at radius 2 is 2.00 bits per heavy atom. The number of carboxylic acids is 1. The standard InChI is InChI=1S/C12H22N2O3/c1-8(2)5-9(6-11(15)16)7-13-12(17)14-10-3-4-10/h8-10H,3-7H2,1-2H3,(H,15,16)(H2,13,14,17). The molecule has 5 heteroatoms. The van der Waals surface area contributed by atoms with Crippen LogP contribution in [0.25, 0.3) is 0 Å². The number of urea groups is 1. The molecule has 1 unspecified atom stereocenters. The third-order valence-electron chi connectivity index (χ3n) is 2.73. The maximum absolute atomic E-state index is 11.4. The van der Waals surface area contributed by atoms with Gasteiger partial charge in [0.2, 0.25) is 0 Å². The zero-order chi connectivity index (χ0) is 12.8. The van der Waals surface area contributed by atoms with Crippen LogP contribution in [0, 0.1) is 11.8 Å². The van der Waals surface area contributed by atoms with Crippen molar-refractivity contribution in [1.82, 2.24) is 10.6 Å². The van der Waals surface area contributed by atoms with E-state index in [-0.39, 0.29) is 18.4 Å². The van der Waals surface area contributed by atoms with Gasteiger partial charge in [0.05, 0.1) is 0 Å². The Bertz CT molecular complexity index is 275. The van der Waals surface area contributed by atoms with Crippen LogP contribution in [-0.4, -0.2) is 29.7 Å². The van der Waals surface area contributed by atoms with Crippen LogP contribution in [-0.2, 0) is 4.79 Å². The highest BCUT2D eigenvalue weighted by Crippen LogP contribution is 2.18. The summed E-state index contributed by atoms with van der Waals surface area (Å²) in [5.74, 6) is -0.356. The summed E-state index contributed by atoms with van der Waals surface area (Å²) in [5, 5.41) is 14.4. The zero-order valence-corrected chi connectivity index (χ0v) is 10.5. The first-order chi connectivity index (χ1) is 7.97. The van der Waals surface area contributed by atoms with Crippen molar-refractivity contribution < 1.29 is 14.7 Å². The molecule has 1 fully saturated rings. The van der Waals surface area contributed by atoms with Crippen LogP contribution in [0.3, 0.4) is 0 Å². The second kappa shape index (κ2) is 6.47. The number of carbonyl (C=O) groups excluding carboxylic acids is 1. The SMILES string of the molecule is CC(C)CC(CNC(=O)NC1CC1)CC(=O)O. The molecule has 1 saturated carbocycles. The number of carboxylic acid groups (broad SMARTS) is 1. The van der Waals surface area contributed by atoms with Gasteiger partial charge in [0, 0.05) is 19.0 Å². The van der Waals surface area contributed by atoms with E-state index in [2.05, 4.69) is 24.5 Å². The van der Waals surface area contributed by atoms with E-state index in [0.29, 0.717) is 18.5 Å². The van der Waals surface area contributed by atoms with Gasteiger partial charge in [-0.05, 0) is 31.1 Å². The van der Waals surface area contributed by atoms with Crippen molar-refractivity contribution in [2.24, 2.45) is 11.8 Å². The molecular formula is C12H22N2O3. The van der Waals surface area contributed by atoms with Gasteiger partial charge in [0.25, 0.3) is 0 Å². The van der Waals surface area contributed by atoms with Crippen LogP contribution in [0.1, 0.15) is 39.5 Å². The van der Waals surface area contributed by atoms with Gasteiger partial charge in [0.15, 0.2) is 0 Å². The summed E-state index contributed by atoms with van der Waals surface area (Å²) in [6, 6.07) is 0.157. The first kappa shape index (κ1) is 13.8. The number of rotatable bonds is 7. The maximum Gasteiger partial charge on any atom is 0.315 e. The maximum atomic E-state index is 11.4. The molecular weight excluding hydrogens is 220 g/mol. The predicted molar refractivity (Wildman–Crippen MR) is 64.8 cm³/mol. The minimum absolute atomic E-state index is 0.0115. The van der Waals surface area contributed by atoms with E-state index in [0.717, 1.165) is 19.3 Å². The predicted octanol–water partition coefficient (Wildman–Crippen LogP) is 1.58. The van der Waals surface area contributed by atoms with E-state index in [9.17, 15) is 9.59 Å². The van der Waals surface area contributed by atoms with E-state index in [1.54, 1.807) is 0 Å². The van der Waals surface area contributed by atoms with Gasteiger partial charge in [-0.25, -0.2) is 4.79 Å². The Kier molecular flexibility index (Phi) is 5.25. The van der Waals surface area contributed by atoms with Crippen molar-refractivity contribution in [3.8, 4) is 0 Å². The van der Waals surface area contributed by atoms with Gasteiger partial charge in [-0.3, -0.25) is 4.79 Å². The van der Waals surface area contributed by atoms with E-state index >= 15 is 0 Å². The molecule has 0 aliphatic heterocycles. The number of carbonyl (C=O) groups is 2. The average Bonchev–Trinajstić information content (AvgIpc) is 2.96. The summed E-state index contributed by atoms with van der Waals surface area (Å²) in [6.07, 6.45) is 3.04. The third kappa shape index (κ3) is 6.81. The highest BCUT2D eigenvalue weighted by atomic mass is 16.4. The summed E-state index contributed by atoms with van der Waals surface area (Å²) in [4.78, 5) is 22.1. The van der Waals surface area contributed by atoms with Crippen molar-refractivity contribution in [2.75, 3.05) is 6.54 Å². The lowest BCUT2D eigenvalue weighted by Gasteiger charge is -2.17. The quantitative estimate of drug-likeness (QED) is 0.634. The molecule has 1 aliphatic carbocycles. The second-order valence-corrected chi connectivity index (χ2v) is 5.22. The van der Waals surface area contributed by atoms with Crippen LogP contribution >= 0.6 is 0 Å². The van der Waals surface area contributed by atoms with E-state index in [1.165, 1.54) is 0 Å². The Morgan fingerprint density at radius 3 is 2.47 bits per heavy atom. The van der Waals surface area contributed by atoms with Gasteiger partial charge in [-0.1, -0.05) is 13.8 Å².